The fraction of sp³-hybridized carbons (Fsp3) is 0.750. The fourth-order valence-electron chi connectivity index (χ4n) is 1.41. The minimum absolute atomic E-state index is 0.177. The van der Waals surface area contributed by atoms with E-state index in [1.807, 2.05) is 0 Å². The predicted molar refractivity (Wildman–Crippen MR) is 54.6 cm³/mol. The highest BCUT2D eigenvalue weighted by atomic mass is 32.2. The van der Waals surface area contributed by atoms with Gasteiger partial charge in [-0.3, -0.25) is 4.90 Å². The molecule has 2 amide bonds. The molecule has 5 nitrogen and oxygen atoms in total. The number of nitrogens with zero attached hydrogens (tertiary/aromatic N) is 1. The summed E-state index contributed by atoms with van der Waals surface area (Å²) < 4.78 is 35.7. The minimum Gasteiger partial charge on any atom is -0.480 e. The van der Waals surface area contributed by atoms with Gasteiger partial charge >= 0.3 is 18.2 Å². The van der Waals surface area contributed by atoms with Crippen molar-refractivity contribution in [3.63, 3.8) is 0 Å². The molecule has 1 aliphatic rings. The Hall–Kier alpha value is -1.12. The van der Waals surface area contributed by atoms with Crippen molar-refractivity contribution in [2.45, 2.75) is 24.5 Å². The van der Waals surface area contributed by atoms with Gasteiger partial charge in [-0.2, -0.15) is 13.2 Å². The molecule has 2 N–H and O–H groups in total. The molecule has 0 spiro atoms. The Kier molecular flexibility index (Phi) is 4.12. The summed E-state index contributed by atoms with van der Waals surface area (Å²) in [6.45, 7) is 0.104. The zero-order valence-electron chi connectivity index (χ0n) is 8.82. The van der Waals surface area contributed by atoms with E-state index in [1.165, 1.54) is 11.8 Å². The molecular formula is C8H11F3N2O3S. The Bertz CT molecular complexity index is 324. The maximum absolute atomic E-state index is 11.9. The number of hydrogen-bond donors (Lipinski definition) is 2. The molecular weight excluding hydrogens is 261 g/mol. The van der Waals surface area contributed by atoms with Gasteiger partial charge in [-0.1, -0.05) is 0 Å². The number of carbonyl (C=O) groups excluding carboxylic acids is 1. The summed E-state index contributed by atoms with van der Waals surface area (Å²) in [5.74, 6) is -1.04. The highest BCUT2D eigenvalue weighted by Gasteiger charge is 2.40. The third-order valence-corrected chi connectivity index (χ3v) is 3.40. The lowest BCUT2D eigenvalue weighted by molar-refractivity contribution is -0.141. The Labute approximate surface area is 99.3 Å². The van der Waals surface area contributed by atoms with E-state index in [1.54, 1.807) is 12.2 Å². The van der Waals surface area contributed by atoms with Gasteiger partial charge < -0.3 is 10.4 Å². The van der Waals surface area contributed by atoms with Crippen LogP contribution in [0.5, 0.6) is 0 Å². The largest absolute Gasteiger partial charge is 0.480 e. The van der Waals surface area contributed by atoms with E-state index in [2.05, 4.69) is 0 Å². The van der Waals surface area contributed by atoms with Crippen LogP contribution in [0.2, 0.25) is 0 Å². The molecule has 0 aromatic rings. The summed E-state index contributed by atoms with van der Waals surface area (Å²) in [5.41, 5.74) is 0. The number of amides is 2. The summed E-state index contributed by atoms with van der Waals surface area (Å²) in [6, 6.07) is -2.09. The Morgan fingerprint density at radius 2 is 2.12 bits per heavy atom. The second-order valence-corrected chi connectivity index (χ2v) is 4.82. The van der Waals surface area contributed by atoms with E-state index >= 15 is 0 Å². The number of aliphatic carboxylic acids is 1. The maximum Gasteiger partial charge on any atom is 0.405 e. The maximum atomic E-state index is 11.9. The Morgan fingerprint density at radius 1 is 1.53 bits per heavy atom. The van der Waals surface area contributed by atoms with Crippen LogP contribution in [-0.4, -0.2) is 51.9 Å². The van der Waals surface area contributed by atoms with Crippen LogP contribution in [0.3, 0.4) is 0 Å². The number of halogens is 3. The van der Waals surface area contributed by atoms with Crippen LogP contribution >= 0.6 is 11.8 Å². The molecule has 98 valence electrons. The molecule has 1 fully saturated rings. The Balaban J connectivity index is 2.63. The smallest absolute Gasteiger partial charge is 0.405 e. The molecule has 0 bridgehead atoms. The molecule has 1 heterocycles. The van der Waals surface area contributed by atoms with Crippen LogP contribution in [0, 0.1) is 0 Å². The van der Waals surface area contributed by atoms with Crippen LogP contribution in [0.1, 0.15) is 6.92 Å². The zero-order chi connectivity index (χ0) is 13.2. The normalized spacial score (nSPS) is 24.8. The van der Waals surface area contributed by atoms with E-state index in [0.717, 1.165) is 4.90 Å². The van der Waals surface area contributed by atoms with Crippen molar-refractivity contribution < 1.29 is 27.9 Å². The SMILES string of the molecule is CC1SCC(C(=O)O)N1C(=O)NCC(F)(F)F. The van der Waals surface area contributed by atoms with Gasteiger partial charge in [0.2, 0.25) is 0 Å². The topological polar surface area (TPSA) is 69.6 Å². The predicted octanol–water partition coefficient (Wildman–Crippen LogP) is 1.11. The number of alkyl halides is 3. The first kappa shape index (κ1) is 13.9. The third-order valence-electron chi connectivity index (χ3n) is 2.18. The van der Waals surface area contributed by atoms with Crippen molar-refractivity contribution >= 4 is 23.8 Å². The number of urea groups is 1. The number of thioether (sulfide) groups is 1. The molecule has 2 unspecified atom stereocenters. The van der Waals surface area contributed by atoms with Gasteiger partial charge in [-0.25, -0.2) is 9.59 Å². The van der Waals surface area contributed by atoms with Crippen LogP contribution in [0.4, 0.5) is 18.0 Å². The quantitative estimate of drug-likeness (QED) is 0.790. The minimum atomic E-state index is -4.51. The molecule has 0 saturated carbocycles. The molecule has 0 aromatic carbocycles. The molecule has 17 heavy (non-hydrogen) atoms. The third kappa shape index (κ3) is 3.69. The number of carboxylic acid groups (broad SMARTS) is 1. The Morgan fingerprint density at radius 3 is 2.59 bits per heavy atom. The lowest BCUT2D eigenvalue weighted by atomic mass is 10.3. The van der Waals surface area contributed by atoms with Crippen molar-refractivity contribution in [3.8, 4) is 0 Å². The standard InChI is InChI=1S/C8H11F3N2O3S/c1-4-13(5(2-17-4)6(14)15)7(16)12-3-8(9,10)11/h4-5H,2-3H2,1H3,(H,12,16)(H,14,15). The number of hydrogen-bond acceptors (Lipinski definition) is 3. The van der Waals surface area contributed by atoms with Gasteiger partial charge in [0.25, 0.3) is 0 Å². The van der Waals surface area contributed by atoms with Crippen molar-refractivity contribution in [1.29, 1.82) is 0 Å². The molecule has 1 saturated heterocycles. The van der Waals surface area contributed by atoms with E-state index in [4.69, 9.17) is 5.11 Å². The van der Waals surface area contributed by atoms with Crippen molar-refractivity contribution in [3.05, 3.63) is 0 Å². The van der Waals surface area contributed by atoms with Crippen LogP contribution in [0.25, 0.3) is 0 Å². The lowest BCUT2D eigenvalue weighted by Gasteiger charge is -2.25. The van der Waals surface area contributed by atoms with E-state index in [0.29, 0.717) is 0 Å². The van der Waals surface area contributed by atoms with Gasteiger partial charge in [-0.15, -0.1) is 11.8 Å². The van der Waals surface area contributed by atoms with Crippen LogP contribution in [-0.2, 0) is 4.79 Å². The van der Waals surface area contributed by atoms with E-state index in [-0.39, 0.29) is 5.75 Å². The van der Waals surface area contributed by atoms with Gasteiger partial charge in [0.1, 0.15) is 12.6 Å². The van der Waals surface area contributed by atoms with Gasteiger partial charge in [0.15, 0.2) is 0 Å². The number of rotatable bonds is 2. The summed E-state index contributed by atoms with van der Waals surface area (Å²) in [4.78, 5) is 23.2. The summed E-state index contributed by atoms with van der Waals surface area (Å²) in [6.07, 6.45) is -4.51. The highest BCUT2D eigenvalue weighted by molar-refractivity contribution is 8.00. The van der Waals surface area contributed by atoms with Crippen molar-refractivity contribution in [1.82, 2.24) is 10.2 Å². The van der Waals surface area contributed by atoms with E-state index in [9.17, 15) is 22.8 Å². The van der Waals surface area contributed by atoms with Gasteiger partial charge in [-0.05, 0) is 6.92 Å². The average molecular weight is 272 g/mol. The zero-order valence-corrected chi connectivity index (χ0v) is 9.64. The second kappa shape index (κ2) is 5.03. The molecule has 9 heteroatoms. The molecule has 0 aliphatic carbocycles. The van der Waals surface area contributed by atoms with E-state index < -0.39 is 36.1 Å². The first-order valence-corrected chi connectivity index (χ1v) is 5.74. The molecule has 0 aromatic heterocycles. The highest BCUT2D eigenvalue weighted by Crippen LogP contribution is 2.28. The van der Waals surface area contributed by atoms with Crippen LogP contribution in [0.15, 0.2) is 0 Å². The summed E-state index contributed by atoms with van der Waals surface area (Å²) in [5, 5.41) is 10.0. The first-order valence-electron chi connectivity index (χ1n) is 4.69. The van der Waals surface area contributed by atoms with Gasteiger partial charge in [0.05, 0.1) is 5.37 Å². The lowest BCUT2D eigenvalue weighted by Crippen LogP contribution is -2.51. The fourth-order valence-corrected chi connectivity index (χ4v) is 2.58. The van der Waals surface area contributed by atoms with Crippen molar-refractivity contribution in [2.75, 3.05) is 12.3 Å². The number of carboxylic acids is 1. The molecule has 2 atom stereocenters. The van der Waals surface area contributed by atoms with Gasteiger partial charge in [0, 0.05) is 5.75 Å². The molecule has 1 rings (SSSR count). The number of carbonyl (C=O) groups is 2. The average Bonchev–Trinajstić information content (AvgIpc) is 2.55. The molecule has 0 radical (unpaired) electrons. The summed E-state index contributed by atoms with van der Waals surface area (Å²) >= 11 is 1.21. The monoisotopic (exact) mass is 272 g/mol. The first-order chi connectivity index (χ1) is 7.72. The molecule has 1 aliphatic heterocycles. The van der Waals surface area contributed by atoms with Crippen LogP contribution < -0.4 is 5.32 Å². The van der Waals surface area contributed by atoms with Crippen molar-refractivity contribution in [2.24, 2.45) is 0 Å². The summed E-state index contributed by atoms with van der Waals surface area (Å²) in [7, 11) is 0. The second-order valence-electron chi connectivity index (χ2n) is 3.47. The number of nitrogens with one attached hydrogen (secondary N) is 1.